The van der Waals surface area contributed by atoms with Crippen molar-refractivity contribution in [1.29, 1.82) is 0 Å². The number of hydrogen-bond acceptors (Lipinski definition) is 4. The summed E-state index contributed by atoms with van der Waals surface area (Å²) in [6.45, 7) is 0.459. The fourth-order valence-corrected chi connectivity index (χ4v) is 4.54. The van der Waals surface area contributed by atoms with Gasteiger partial charge in [-0.05, 0) is 48.5 Å². The summed E-state index contributed by atoms with van der Waals surface area (Å²) in [6.07, 6.45) is -4.00. The van der Waals surface area contributed by atoms with E-state index in [1.165, 1.54) is 30.3 Å². The van der Waals surface area contributed by atoms with Crippen LogP contribution in [0.15, 0.2) is 77.7 Å². The molecule has 10 heteroatoms. The van der Waals surface area contributed by atoms with E-state index in [0.29, 0.717) is 24.8 Å². The smallest absolute Gasteiger partial charge is 0.416 e. The first kappa shape index (κ1) is 22.7. The molecule has 0 aliphatic carbocycles. The van der Waals surface area contributed by atoms with Crippen LogP contribution in [0.25, 0.3) is 0 Å². The van der Waals surface area contributed by atoms with Crippen LogP contribution in [-0.2, 0) is 16.2 Å². The minimum Gasteiger partial charge on any atom is -0.493 e. The van der Waals surface area contributed by atoms with Crippen molar-refractivity contribution in [2.45, 2.75) is 23.5 Å². The van der Waals surface area contributed by atoms with Gasteiger partial charge in [-0.15, -0.1) is 0 Å². The molecule has 2 N–H and O–H groups in total. The highest BCUT2D eigenvalue weighted by atomic mass is 32.2. The SMILES string of the molecule is O=C(NC1CCOc2ccccc21)c1ccc(S(=O)(=O)Nc2cccc(C(F)(F)F)c2)cc1. The van der Waals surface area contributed by atoms with E-state index in [1.807, 2.05) is 24.3 Å². The highest BCUT2D eigenvalue weighted by Gasteiger charge is 2.31. The molecule has 1 atom stereocenters. The lowest BCUT2D eigenvalue weighted by molar-refractivity contribution is -0.137. The molecule has 3 aromatic carbocycles. The quantitative estimate of drug-likeness (QED) is 0.556. The number of nitrogens with one attached hydrogen (secondary N) is 2. The number of carbonyl (C=O) groups is 1. The summed E-state index contributed by atoms with van der Waals surface area (Å²) in [4.78, 5) is 12.5. The van der Waals surface area contributed by atoms with Crippen LogP contribution in [0.5, 0.6) is 5.75 Å². The Balaban J connectivity index is 1.47. The minimum absolute atomic E-state index is 0.187. The molecule has 6 nitrogen and oxygen atoms in total. The first-order chi connectivity index (χ1) is 15.6. The van der Waals surface area contributed by atoms with Crippen LogP contribution in [0.1, 0.15) is 33.9 Å². The maximum absolute atomic E-state index is 12.9. The van der Waals surface area contributed by atoms with Gasteiger partial charge in [0, 0.05) is 23.2 Å². The third-order valence-corrected chi connectivity index (χ3v) is 6.53. The predicted octanol–water partition coefficient (Wildman–Crippen LogP) is 4.76. The summed E-state index contributed by atoms with van der Waals surface area (Å²) in [5.41, 5.74) is -0.0761. The summed E-state index contributed by atoms with van der Waals surface area (Å²) < 4.78 is 71.5. The summed E-state index contributed by atoms with van der Waals surface area (Å²) in [7, 11) is -4.15. The number of carbonyl (C=O) groups excluding carboxylic acids is 1. The average Bonchev–Trinajstić information content (AvgIpc) is 2.79. The number of halogens is 3. The molecule has 0 saturated heterocycles. The zero-order valence-corrected chi connectivity index (χ0v) is 17.9. The molecule has 0 radical (unpaired) electrons. The van der Waals surface area contributed by atoms with Crippen LogP contribution in [0, 0.1) is 0 Å². The van der Waals surface area contributed by atoms with Gasteiger partial charge >= 0.3 is 6.18 Å². The van der Waals surface area contributed by atoms with Crippen molar-refractivity contribution in [3.05, 3.63) is 89.5 Å². The number of anilines is 1. The number of para-hydroxylation sites is 1. The lowest BCUT2D eigenvalue weighted by atomic mass is 10.00. The number of ether oxygens (including phenoxy) is 1. The average molecular weight is 476 g/mol. The van der Waals surface area contributed by atoms with E-state index < -0.39 is 21.8 Å². The van der Waals surface area contributed by atoms with Gasteiger partial charge in [0.1, 0.15) is 5.75 Å². The van der Waals surface area contributed by atoms with Crippen LogP contribution < -0.4 is 14.8 Å². The molecule has 1 unspecified atom stereocenters. The van der Waals surface area contributed by atoms with E-state index in [9.17, 15) is 26.4 Å². The molecule has 0 saturated carbocycles. The zero-order valence-electron chi connectivity index (χ0n) is 17.1. The number of sulfonamides is 1. The van der Waals surface area contributed by atoms with E-state index in [0.717, 1.165) is 17.7 Å². The second-order valence-corrected chi connectivity index (χ2v) is 9.09. The van der Waals surface area contributed by atoms with Gasteiger partial charge in [-0.2, -0.15) is 13.2 Å². The van der Waals surface area contributed by atoms with Gasteiger partial charge in [0.2, 0.25) is 0 Å². The van der Waals surface area contributed by atoms with Crippen molar-refractivity contribution in [2.24, 2.45) is 0 Å². The van der Waals surface area contributed by atoms with Crippen LogP contribution in [-0.4, -0.2) is 20.9 Å². The molecule has 1 amide bonds. The topological polar surface area (TPSA) is 84.5 Å². The van der Waals surface area contributed by atoms with Crippen molar-refractivity contribution in [3.63, 3.8) is 0 Å². The molecule has 1 aliphatic rings. The second-order valence-electron chi connectivity index (χ2n) is 7.41. The van der Waals surface area contributed by atoms with Crippen LogP contribution >= 0.6 is 0 Å². The lowest BCUT2D eigenvalue weighted by Crippen LogP contribution is -2.32. The van der Waals surface area contributed by atoms with E-state index in [1.54, 1.807) is 0 Å². The summed E-state index contributed by atoms with van der Waals surface area (Å²) in [6, 6.07) is 16.2. The summed E-state index contributed by atoms with van der Waals surface area (Å²) >= 11 is 0. The van der Waals surface area contributed by atoms with Crippen molar-refractivity contribution < 1.29 is 31.1 Å². The zero-order chi connectivity index (χ0) is 23.6. The van der Waals surface area contributed by atoms with Gasteiger partial charge in [0.15, 0.2) is 0 Å². The van der Waals surface area contributed by atoms with E-state index in [-0.39, 0.29) is 28.1 Å². The Hall–Kier alpha value is -3.53. The highest BCUT2D eigenvalue weighted by Crippen LogP contribution is 2.32. The van der Waals surface area contributed by atoms with Crippen LogP contribution in [0.4, 0.5) is 18.9 Å². The molecule has 0 fully saturated rings. The normalized spacial score (nSPS) is 15.8. The Morgan fingerprint density at radius 1 is 0.970 bits per heavy atom. The number of rotatable bonds is 5. The van der Waals surface area contributed by atoms with Crippen molar-refractivity contribution in [1.82, 2.24) is 5.32 Å². The Labute approximate surface area is 188 Å². The summed E-state index contributed by atoms with van der Waals surface area (Å²) in [5.74, 6) is 0.322. The minimum atomic E-state index is -4.60. The van der Waals surface area contributed by atoms with Crippen molar-refractivity contribution in [3.8, 4) is 5.75 Å². The highest BCUT2D eigenvalue weighted by molar-refractivity contribution is 7.92. The monoisotopic (exact) mass is 476 g/mol. The molecule has 3 aromatic rings. The third kappa shape index (κ3) is 5.11. The van der Waals surface area contributed by atoms with Crippen molar-refractivity contribution in [2.75, 3.05) is 11.3 Å². The fourth-order valence-electron chi connectivity index (χ4n) is 3.49. The molecule has 172 valence electrons. The summed E-state index contributed by atoms with van der Waals surface area (Å²) in [5, 5.41) is 2.92. The lowest BCUT2D eigenvalue weighted by Gasteiger charge is -2.26. The third-order valence-electron chi connectivity index (χ3n) is 5.13. The number of fused-ring (bicyclic) bond motifs is 1. The number of alkyl halides is 3. The van der Waals surface area contributed by atoms with Gasteiger partial charge in [0.25, 0.3) is 15.9 Å². The first-order valence-electron chi connectivity index (χ1n) is 9.96. The number of hydrogen-bond donors (Lipinski definition) is 2. The maximum Gasteiger partial charge on any atom is 0.416 e. The molecule has 0 spiro atoms. The van der Waals surface area contributed by atoms with Gasteiger partial charge < -0.3 is 10.1 Å². The van der Waals surface area contributed by atoms with Gasteiger partial charge in [-0.25, -0.2) is 8.42 Å². The van der Waals surface area contributed by atoms with Gasteiger partial charge in [-0.1, -0.05) is 24.3 Å². The number of benzene rings is 3. The molecule has 4 rings (SSSR count). The molecular weight excluding hydrogens is 457 g/mol. The van der Waals surface area contributed by atoms with E-state index in [2.05, 4.69) is 10.0 Å². The van der Waals surface area contributed by atoms with Gasteiger partial charge in [-0.3, -0.25) is 9.52 Å². The van der Waals surface area contributed by atoms with Gasteiger partial charge in [0.05, 0.1) is 23.1 Å². The van der Waals surface area contributed by atoms with E-state index >= 15 is 0 Å². The molecule has 0 bridgehead atoms. The van der Waals surface area contributed by atoms with Crippen LogP contribution in [0.3, 0.4) is 0 Å². The Kier molecular flexibility index (Phi) is 6.03. The van der Waals surface area contributed by atoms with E-state index in [4.69, 9.17) is 4.74 Å². The fraction of sp³-hybridized carbons (Fsp3) is 0.174. The number of amides is 1. The second kappa shape index (κ2) is 8.78. The molecular formula is C23H19F3N2O4S. The first-order valence-corrected chi connectivity index (χ1v) is 11.4. The maximum atomic E-state index is 12.9. The Morgan fingerprint density at radius 2 is 1.70 bits per heavy atom. The van der Waals surface area contributed by atoms with Crippen LogP contribution in [0.2, 0.25) is 0 Å². The molecule has 1 aliphatic heterocycles. The Bertz CT molecular complexity index is 1280. The molecule has 1 heterocycles. The Morgan fingerprint density at radius 3 is 2.42 bits per heavy atom. The van der Waals surface area contributed by atoms with Crippen molar-refractivity contribution >= 4 is 21.6 Å². The molecule has 0 aromatic heterocycles. The molecule has 33 heavy (non-hydrogen) atoms. The predicted molar refractivity (Wildman–Crippen MR) is 115 cm³/mol. The largest absolute Gasteiger partial charge is 0.493 e. The standard InChI is InChI=1S/C23H19F3N2O4S/c24-23(25,26)16-4-3-5-17(14-16)28-33(30,31)18-10-8-15(9-11-18)22(29)27-20-12-13-32-21-7-2-1-6-19(20)21/h1-11,14,20,28H,12-13H2,(H,27,29).